The Kier molecular flexibility index (Phi) is 8.37. The van der Waals surface area contributed by atoms with Crippen LogP contribution in [0.2, 0.25) is 0 Å². The Morgan fingerprint density at radius 1 is 1.04 bits per heavy atom. The number of likely N-dealkylation sites (tertiary alicyclic amines) is 1. The number of hydrogen-bond donors (Lipinski definition) is 1. The molecule has 7 rings (SSSR count). The fraction of sp³-hybridized carbons (Fsp3) is 0.667. The van der Waals surface area contributed by atoms with Crippen molar-refractivity contribution >= 4 is 29.6 Å². The summed E-state index contributed by atoms with van der Waals surface area (Å²) >= 11 is 0. The van der Waals surface area contributed by atoms with E-state index in [4.69, 9.17) is 18.9 Å². The highest BCUT2D eigenvalue weighted by atomic mass is 16.7. The largest absolute Gasteiger partial charge is 0.458 e. The van der Waals surface area contributed by atoms with Crippen LogP contribution in [0.3, 0.4) is 0 Å². The molecular formula is C39H49NO10. The molecule has 7 aliphatic rings. The predicted molar refractivity (Wildman–Crippen MR) is 179 cm³/mol. The third kappa shape index (κ3) is 4.85. The van der Waals surface area contributed by atoms with E-state index in [1.165, 1.54) is 19.1 Å². The van der Waals surface area contributed by atoms with Crippen molar-refractivity contribution in [3.8, 4) is 0 Å². The number of aliphatic hydroxyl groups is 1. The van der Waals surface area contributed by atoms with Crippen LogP contribution in [0.15, 0.2) is 47.1 Å². The van der Waals surface area contributed by atoms with Gasteiger partial charge in [-0.05, 0) is 89.4 Å². The molecule has 50 heavy (non-hydrogen) atoms. The molecule has 0 aromatic carbocycles. The van der Waals surface area contributed by atoms with Crippen molar-refractivity contribution in [1.29, 1.82) is 0 Å². The maximum Gasteiger partial charge on any atom is 0.333 e. The van der Waals surface area contributed by atoms with Gasteiger partial charge in [0.15, 0.2) is 11.9 Å². The van der Waals surface area contributed by atoms with Gasteiger partial charge in [0.25, 0.3) is 0 Å². The lowest BCUT2D eigenvalue weighted by Crippen LogP contribution is -2.70. The van der Waals surface area contributed by atoms with Crippen molar-refractivity contribution < 1.29 is 48.0 Å². The second-order valence-corrected chi connectivity index (χ2v) is 16.0. The van der Waals surface area contributed by atoms with E-state index in [9.17, 15) is 29.1 Å². The first-order chi connectivity index (χ1) is 23.6. The van der Waals surface area contributed by atoms with Gasteiger partial charge in [0, 0.05) is 55.5 Å². The van der Waals surface area contributed by atoms with Crippen LogP contribution in [0.25, 0.3) is 0 Å². The molecule has 4 fully saturated rings. The number of carbonyl (C=O) groups is 5. The number of epoxide rings is 1. The molecule has 3 heterocycles. The Hall–Kier alpha value is -3.57. The maximum atomic E-state index is 14.1. The third-order valence-electron chi connectivity index (χ3n) is 13.8. The van der Waals surface area contributed by atoms with E-state index in [0.717, 1.165) is 36.5 Å². The molecule has 0 bridgehead atoms. The number of fused-ring (bicyclic) bond motifs is 4. The molecule has 11 atom stereocenters. The van der Waals surface area contributed by atoms with Gasteiger partial charge in [-0.25, -0.2) is 9.59 Å². The minimum atomic E-state index is -1.59. The van der Waals surface area contributed by atoms with Crippen LogP contribution in [0, 0.1) is 28.6 Å². The molecule has 1 N–H and O–H groups in total. The highest BCUT2D eigenvalue weighted by Gasteiger charge is 2.83. The normalized spacial score (nSPS) is 42.5. The van der Waals surface area contributed by atoms with Crippen molar-refractivity contribution in [3.63, 3.8) is 0 Å². The molecule has 0 aromatic heterocycles. The fourth-order valence-electron chi connectivity index (χ4n) is 10.8. The van der Waals surface area contributed by atoms with Crippen LogP contribution in [-0.4, -0.2) is 88.3 Å². The molecule has 2 saturated carbocycles. The first-order valence-electron chi connectivity index (χ1n) is 18.2. The van der Waals surface area contributed by atoms with Crippen LogP contribution in [-0.2, 0) is 42.9 Å². The smallest absolute Gasteiger partial charge is 0.333 e. The van der Waals surface area contributed by atoms with Gasteiger partial charge >= 0.3 is 17.9 Å². The minimum Gasteiger partial charge on any atom is -0.458 e. The number of ketones is 1. The topological polar surface area (TPSA) is 149 Å². The Bertz CT molecular complexity index is 1650. The number of ether oxygens (including phenoxy) is 4. The number of amides is 1. The van der Waals surface area contributed by atoms with Crippen molar-refractivity contribution in [2.75, 3.05) is 13.1 Å². The number of allylic oxidation sites excluding steroid dienone is 1. The molecular weight excluding hydrogens is 642 g/mol. The van der Waals surface area contributed by atoms with Gasteiger partial charge in [-0.2, -0.15) is 0 Å². The maximum absolute atomic E-state index is 14.1. The number of carbonyl (C=O) groups excluding carboxylic acids is 5. The molecule has 2 saturated heterocycles. The Morgan fingerprint density at radius 3 is 2.44 bits per heavy atom. The van der Waals surface area contributed by atoms with E-state index < -0.39 is 70.2 Å². The molecule has 0 radical (unpaired) electrons. The zero-order valence-corrected chi connectivity index (χ0v) is 29.9. The molecule has 1 spiro atoms. The van der Waals surface area contributed by atoms with E-state index in [0.29, 0.717) is 44.3 Å². The zero-order valence-electron chi connectivity index (χ0n) is 29.9. The van der Waals surface area contributed by atoms with Crippen molar-refractivity contribution in [2.24, 2.45) is 28.6 Å². The Morgan fingerprint density at radius 2 is 1.76 bits per heavy atom. The average molecular weight is 692 g/mol. The van der Waals surface area contributed by atoms with E-state index in [-0.39, 0.29) is 23.6 Å². The highest BCUT2D eigenvalue weighted by molar-refractivity contribution is 5.99. The van der Waals surface area contributed by atoms with Gasteiger partial charge in [-0.1, -0.05) is 25.0 Å². The monoisotopic (exact) mass is 691 g/mol. The average Bonchev–Trinajstić information content (AvgIpc) is 3.77. The molecule has 11 unspecified atom stereocenters. The highest BCUT2D eigenvalue weighted by Crippen LogP contribution is 2.74. The number of nitrogens with zero attached hydrogens (tertiary/aromatic N) is 1. The summed E-state index contributed by atoms with van der Waals surface area (Å²) in [5.41, 5.74) is -2.28. The molecule has 270 valence electrons. The third-order valence-corrected chi connectivity index (χ3v) is 13.8. The van der Waals surface area contributed by atoms with Gasteiger partial charge < -0.3 is 29.0 Å². The number of esters is 3. The van der Waals surface area contributed by atoms with Crippen molar-refractivity contribution in [1.82, 2.24) is 4.90 Å². The van der Waals surface area contributed by atoms with Crippen LogP contribution >= 0.6 is 0 Å². The van der Waals surface area contributed by atoms with Crippen molar-refractivity contribution in [2.45, 2.75) is 122 Å². The first kappa shape index (κ1) is 34.9. The lowest BCUT2D eigenvalue weighted by Gasteiger charge is -2.61. The molecule has 0 aromatic rings. The first-order valence-corrected chi connectivity index (χ1v) is 18.2. The number of rotatable bonds is 6. The molecule has 4 aliphatic carbocycles. The summed E-state index contributed by atoms with van der Waals surface area (Å²) in [6.45, 7) is 12.2. The number of hydrogen-bond acceptors (Lipinski definition) is 10. The Balaban J connectivity index is 1.17. The molecule has 11 heteroatoms. The summed E-state index contributed by atoms with van der Waals surface area (Å²) in [5.74, 6) is -3.16. The number of cyclic esters (lactones) is 1. The molecule has 3 aliphatic heterocycles. The van der Waals surface area contributed by atoms with Crippen LogP contribution < -0.4 is 0 Å². The summed E-state index contributed by atoms with van der Waals surface area (Å²) in [4.78, 5) is 66.7. The zero-order chi connectivity index (χ0) is 36.0. The second kappa shape index (κ2) is 12.0. The van der Waals surface area contributed by atoms with Crippen LogP contribution in [0.1, 0.15) is 86.5 Å². The lowest BCUT2D eigenvalue weighted by atomic mass is 9.42. The van der Waals surface area contributed by atoms with Crippen LogP contribution in [0.4, 0.5) is 0 Å². The fourth-order valence-corrected chi connectivity index (χ4v) is 10.8. The number of piperidine rings is 1. The van der Waals surface area contributed by atoms with Crippen LogP contribution in [0.5, 0.6) is 0 Å². The SMILES string of the molecule is CC(=O)OC1C=C(C(C)C2CC(C)=C(C)C(=O)O2)C2(C)CCC3C(CC4OC45C(OC(=O)C=CC(=O)N4CCCCC4)C=CC(=O)C35C)C12O. The summed E-state index contributed by atoms with van der Waals surface area (Å²) in [6, 6.07) is 0. The van der Waals surface area contributed by atoms with E-state index in [2.05, 4.69) is 0 Å². The summed E-state index contributed by atoms with van der Waals surface area (Å²) in [5, 5.41) is 13.1. The van der Waals surface area contributed by atoms with Crippen molar-refractivity contribution in [3.05, 3.63) is 47.1 Å². The lowest BCUT2D eigenvalue weighted by molar-refractivity contribution is -0.225. The predicted octanol–water partition coefficient (Wildman–Crippen LogP) is 4.08. The second-order valence-electron chi connectivity index (χ2n) is 16.0. The van der Waals surface area contributed by atoms with Gasteiger partial charge in [0.05, 0.1) is 11.5 Å². The molecule has 1 amide bonds. The molecule has 11 nitrogen and oxygen atoms in total. The van der Waals surface area contributed by atoms with Gasteiger partial charge in [0.1, 0.15) is 23.4 Å². The van der Waals surface area contributed by atoms with E-state index in [1.807, 2.05) is 33.8 Å². The Labute approximate surface area is 293 Å². The van der Waals surface area contributed by atoms with E-state index >= 15 is 0 Å². The van der Waals surface area contributed by atoms with Gasteiger partial charge in [0.2, 0.25) is 5.91 Å². The quantitative estimate of drug-likeness (QED) is 0.142. The summed E-state index contributed by atoms with van der Waals surface area (Å²) in [7, 11) is 0. The summed E-state index contributed by atoms with van der Waals surface area (Å²) in [6.07, 6.45) is 9.36. The summed E-state index contributed by atoms with van der Waals surface area (Å²) < 4.78 is 24.2. The van der Waals surface area contributed by atoms with E-state index in [1.54, 1.807) is 17.9 Å². The standard InChI is InChI=1S/C39H49NO10/c1-21-18-28(48-35(45)22(21)2)23(3)26-19-31(47-24(4)41)38(46)27-20-32-39(50-32)30(49-34(44)13-12-33(43)40-16-8-7-9-17-40)11-10-29(42)37(39,6)25(27)14-15-36(26,38)5/h10-13,19,23,25,27-28,30-32,46H,7-9,14-18,20H2,1-6H3. The van der Waals surface area contributed by atoms with Gasteiger partial charge in [-0.3, -0.25) is 14.4 Å². The van der Waals surface area contributed by atoms with Gasteiger partial charge in [-0.15, -0.1) is 0 Å². The minimum absolute atomic E-state index is 0.166.